The van der Waals surface area contributed by atoms with E-state index in [1.54, 1.807) is 24.3 Å². The van der Waals surface area contributed by atoms with Gasteiger partial charge in [-0.1, -0.05) is 39.0 Å². The number of esters is 1. The molecule has 1 aromatic rings. The first-order valence-electron chi connectivity index (χ1n) is 9.47. The maximum absolute atomic E-state index is 12.4. The van der Waals surface area contributed by atoms with Crippen molar-refractivity contribution >= 4 is 11.8 Å². The van der Waals surface area contributed by atoms with Crippen LogP contribution in [0, 0.1) is 5.41 Å². The molecule has 0 radical (unpaired) electrons. The van der Waals surface area contributed by atoms with Crippen molar-refractivity contribution in [2.45, 2.75) is 65.3 Å². The summed E-state index contributed by atoms with van der Waals surface area (Å²) < 4.78 is 17.2. The van der Waals surface area contributed by atoms with Gasteiger partial charge in [-0.2, -0.15) is 0 Å². The maximum Gasteiger partial charge on any atom is 0.338 e. The molecule has 1 aliphatic heterocycles. The Kier molecular flexibility index (Phi) is 7.79. The standard InChI is InChI=1S/C21H30O5/c1-4-17(22)21(2,3)18(26-19-12-8-9-14-24-19)13-15-25-20(23)16-10-6-5-7-11-16/h5-7,10-11,18-19H,4,8-9,12-15H2,1-3H3. The summed E-state index contributed by atoms with van der Waals surface area (Å²) in [6.45, 7) is 6.53. The van der Waals surface area contributed by atoms with Gasteiger partial charge in [0.1, 0.15) is 5.78 Å². The SMILES string of the molecule is CCC(=O)C(C)(C)C(CCOC(=O)c1ccccc1)OC1CCCCO1. The van der Waals surface area contributed by atoms with Gasteiger partial charge in [0.05, 0.1) is 18.3 Å². The normalized spacial score (nSPS) is 19.0. The number of rotatable bonds is 9. The number of hydrogen-bond donors (Lipinski definition) is 0. The minimum Gasteiger partial charge on any atom is -0.462 e. The molecule has 1 heterocycles. The molecule has 1 saturated heterocycles. The number of benzene rings is 1. The van der Waals surface area contributed by atoms with E-state index in [-0.39, 0.29) is 30.8 Å². The van der Waals surface area contributed by atoms with Gasteiger partial charge in [-0.15, -0.1) is 0 Å². The molecule has 2 atom stereocenters. The van der Waals surface area contributed by atoms with E-state index in [0.29, 0.717) is 25.0 Å². The van der Waals surface area contributed by atoms with Gasteiger partial charge in [0, 0.05) is 24.9 Å². The van der Waals surface area contributed by atoms with E-state index in [0.717, 1.165) is 19.3 Å². The Labute approximate surface area is 156 Å². The van der Waals surface area contributed by atoms with E-state index >= 15 is 0 Å². The van der Waals surface area contributed by atoms with Crippen LogP contribution in [0.15, 0.2) is 30.3 Å². The lowest BCUT2D eigenvalue weighted by Crippen LogP contribution is -2.43. The Balaban J connectivity index is 1.96. The zero-order chi connectivity index (χ0) is 19.0. The molecule has 5 heteroatoms. The smallest absolute Gasteiger partial charge is 0.338 e. The molecular formula is C21H30O5. The minimum absolute atomic E-state index is 0.132. The van der Waals surface area contributed by atoms with Gasteiger partial charge in [0.25, 0.3) is 0 Å². The van der Waals surface area contributed by atoms with Crippen LogP contribution in [0.5, 0.6) is 0 Å². The fourth-order valence-corrected chi connectivity index (χ4v) is 3.15. The highest BCUT2D eigenvalue weighted by Crippen LogP contribution is 2.31. The Bertz CT molecular complexity index is 575. The highest BCUT2D eigenvalue weighted by molar-refractivity contribution is 5.89. The second-order valence-corrected chi connectivity index (χ2v) is 7.21. The van der Waals surface area contributed by atoms with Crippen LogP contribution in [0.25, 0.3) is 0 Å². The number of carbonyl (C=O) groups is 2. The number of ketones is 1. The Morgan fingerprint density at radius 3 is 2.58 bits per heavy atom. The summed E-state index contributed by atoms with van der Waals surface area (Å²) in [4.78, 5) is 24.5. The minimum atomic E-state index is -0.658. The van der Waals surface area contributed by atoms with Crippen LogP contribution in [0.2, 0.25) is 0 Å². The molecular weight excluding hydrogens is 332 g/mol. The van der Waals surface area contributed by atoms with Gasteiger partial charge in [0.15, 0.2) is 6.29 Å². The summed E-state index contributed by atoms with van der Waals surface area (Å²) in [5, 5.41) is 0. The van der Waals surface area contributed by atoms with Crippen LogP contribution < -0.4 is 0 Å². The van der Waals surface area contributed by atoms with Gasteiger partial charge in [-0.05, 0) is 31.4 Å². The molecule has 0 amide bonds. The van der Waals surface area contributed by atoms with Crippen molar-refractivity contribution in [3.05, 3.63) is 35.9 Å². The van der Waals surface area contributed by atoms with Crippen molar-refractivity contribution in [2.75, 3.05) is 13.2 Å². The first kappa shape index (κ1) is 20.6. The van der Waals surface area contributed by atoms with Crippen molar-refractivity contribution in [1.29, 1.82) is 0 Å². The van der Waals surface area contributed by atoms with E-state index in [1.165, 1.54) is 0 Å². The molecule has 0 spiro atoms. The lowest BCUT2D eigenvalue weighted by atomic mass is 9.79. The van der Waals surface area contributed by atoms with Gasteiger partial charge in [-0.25, -0.2) is 4.79 Å². The van der Waals surface area contributed by atoms with E-state index < -0.39 is 5.41 Å². The maximum atomic E-state index is 12.4. The largest absolute Gasteiger partial charge is 0.462 e. The topological polar surface area (TPSA) is 61.8 Å². The second kappa shape index (κ2) is 9.83. The number of hydrogen-bond acceptors (Lipinski definition) is 5. The highest BCUT2D eigenvalue weighted by Gasteiger charge is 2.38. The van der Waals surface area contributed by atoms with Crippen LogP contribution in [-0.4, -0.2) is 37.4 Å². The molecule has 0 N–H and O–H groups in total. The zero-order valence-electron chi connectivity index (χ0n) is 16.0. The summed E-state index contributed by atoms with van der Waals surface area (Å²) in [6, 6.07) is 8.88. The van der Waals surface area contributed by atoms with Crippen LogP contribution in [0.4, 0.5) is 0 Å². The van der Waals surface area contributed by atoms with Crippen molar-refractivity contribution in [3.8, 4) is 0 Å². The summed E-state index contributed by atoms with van der Waals surface area (Å²) in [7, 11) is 0. The highest BCUT2D eigenvalue weighted by atomic mass is 16.7. The average Bonchev–Trinajstić information content (AvgIpc) is 2.67. The fraction of sp³-hybridized carbons (Fsp3) is 0.619. The third kappa shape index (κ3) is 5.64. The van der Waals surface area contributed by atoms with Crippen LogP contribution in [0.3, 0.4) is 0 Å². The molecule has 1 aromatic carbocycles. The van der Waals surface area contributed by atoms with E-state index in [9.17, 15) is 9.59 Å². The Morgan fingerprint density at radius 2 is 1.96 bits per heavy atom. The second-order valence-electron chi connectivity index (χ2n) is 7.21. The zero-order valence-corrected chi connectivity index (χ0v) is 16.0. The molecule has 0 bridgehead atoms. The van der Waals surface area contributed by atoms with Crippen LogP contribution in [-0.2, 0) is 19.0 Å². The molecule has 5 nitrogen and oxygen atoms in total. The summed E-state index contributed by atoms with van der Waals surface area (Å²) >= 11 is 0. The first-order chi connectivity index (χ1) is 12.4. The van der Waals surface area contributed by atoms with Gasteiger partial charge in [-0.3, -0.25) is 4.79 Å². The van der Waals surface area contributed by atoms with Crippen LogP contribution in [0.1, 0.15) is 63.2 Å². The lowest BCUT2D eigenvalue weighted by Gasteiger charge is -2.36. The molecule has 0 saturated carbocycles. The number of ether oxygens (including phenoxy) is 3. The number of carbonyl (C=O) groups excluding carboxylic acids is 2. The predicted molar refractivity (Wildman–Crippen MR) is 98.9 cm³/mol. The third-order valence-corrected chi connectivity index (χ3v) is 4.92. The van der Waals surface area contributed by atoms with E-state index in [2.05, 4.69) is 0 Å². The monoisotopic (exact) mass is 362 g/mol. The van der Waals surface area contributed by atoms with Gasteiger partial charge >= 0.3 is 5.97 Å². The average molecular weight is 362 g/mol. The molecule has 0 aliphatic carbocycles. The van der Waals surface area contributed by atoms with Crippen molar-refractivity contribution in [3.63, 3.8) is 0 Å². The molecule has 2 unspecified atom stereocenters. The first-order valence-corrected chi connectivity index (χ1v) is 9.47. The molecule has 1 fully saturated rings. The Morgan fingerprint density at radius 1 is 1.23 bits per heavy atom. The van der Waals surface area contributed by atoms with E-state index in [4.69, 9.17) is 14.2 Å². The molecule has 2 rings (SSSR count). The van der Waals surface area contributed by atoms with Crippen molar-refractivity contribution in [1.82, 2.24) is 0 Å². The molecule has 0 aromatic heterocycles. The van der Waals surface area contributed by atoms with Crippen LogP contribution >= 0.6 is 0 Å². The molecule has 144 valence electrons. The molecule has 1 aliphatic rings. The van der Waals surface area contributed by atoms with Gasteiger partial charge in [0.2, 0.25) is 0 Å². The predicted octanol–water partition coefficient (Wildman–Crippen LogP) is 4.15. The number of Topliss-reactive ketones (excluding diaryl/α,β-unsaturated/α-hetero) is 1. The fourth-order valence-electron chi connectivity index (χ4n) is 3.15. The Hall–Kier alpha value is -1.72. The quantitative estimate of drug-likeness (QED) is 0.618. The summed E-state index contributed by atoms with van der Waals surface area (Å²) in [5.74, 6) is -0.231. The lowest BCUT2D eigenvalue weighted by molar-refractivity contribution is -0.211. The van der Waals surface area contributed by atoms with Crippen molar-refractivity contribution < 1.29 is 23.8 Å². The van der Waals surface area contributed by atoms with Crippen molar-refractivity contribution in [2.24, 2.45) is 5.41 Å². The summed E-state index contributed by atoms with van der Waals surface area (Å²) in [6.07, 6.45) is 3.18. The van der Waals surface area contributed by atoms with Gasteiger partial charge < -0.3 is 14.2 Å². The third-order valence-electron chi connectivity index (χ3n) is 4.92. The molecule has 26 heavy (non-hydrogen) atoms. The van der Waals surface area contributed by atoms with E-state index in [1.807, 2.05) is 26.8 Å². The summed E-state index contributed by atoms with van der Waals surface area (Å²) in [5.41, 5.74) is -0.140.